The van der Waals surface area contributed by atoms with Gasteiger partial charge in [-0.15, -0.1) is 0 Å². The molecule has 3 heteroatoms. The van der Waals surface area contributed by atoms with Crippen molar-refractivity contribution < 1.29 is 4.74 Å². The molecule has 0 bridgehead atoms. The summed E-state index contributed by atoms with van der Waals surface area (Å²) in [4.78, 5) is 2.64. The van der Waals surface area contributed by atoms with Gasteiger partial charge in [-0.3, -0.25) is 4.90 Å². The molecule has 1 aliphatic carbocycles. The first kappa shape index (κ1) is 15.3. The van der Waals surface area contributed by atoms with Gasteiger partial charge in [0.15, 0.2) is 0 Å². The van der Waals surface area contributed by atoms with Crippen LogP contribution in [0, 0.1) is 5.92 Å². The quantitative estimate of drug-likeness (QED) is 0.829. The minimum Gasteiger partial charge on any atom is -0.377 e. The van der Waals surface area contributed by atoms with Crippen LogP contribution in [0.5, 0.6) is 0 Å². The molecule has 1 aliphatic heterocycles. The first-order chi connectivity index (χ1) is 8.98. The summed E-state index contributed by atoms with van der Waals surface area (Å²) in [6, 6.07) is 0.653. The number of rotatable bonds is 5. The topological polar surface area (TPSA) is 24.5 Å². The highest BCUT2D eigenvalue weighted by Crippen LogP contribution is 2.22. The zero-order valence-electron chi connectivity index (χ0n) is 13.2. The number of ether oxygens (including phenoxy) is 1. The fourth-order valence-corrected chi connectivity index (χ4v) is 3.48. The molecule has 0 radical (unpaired) electrons. The Balaban J connectivity index is 1.79. The maximum atomic E-state index is 6.04. The molecular formula is C16H32N2O. The molecule has 1 atom stereocenters. The summed E-state index contributed by atoms with van der Waals surface area (Å²) in [6.07, 6.45) is 5.83. The number of nitrogens with one attached hydrogen (secondary N) is 1. The average molecular weight is 268 g/mol. The summed E-state index contributed by atoms with van der Waals surface area (Å²) in [5.41, 5.74) is 0.235. The second-order valence-electron chi connectivity index (χ2n) is 7.32. The Hall–Kier alpha value is -0.120. The van der Waals surface area contributed by atoms with Crippen LogP contribution in [0.15, 0.2) is 0 Å². The van der Waals surface area contributed by atoms with Gasteiger partial charge in [-0.05, 0) is 32.6 Å². The lowest BCUT2D eigenvalue weighted by molar-refractivity contribution is 0.00719. The molecule has 1 heterocycles. The molecule has 19 heavy (non-hydrogen) atoms. The van der Waals surface area contributed by atoms with Crippen LogP contribution in [0.3, 0.4) is 0 Å². The van der Waals surface area contributed by atoms with E-state index in [2.05, 4.69) is 37.9 Å². The van der Waals surface area contributed by atoms with Crippen LogP contribution in [0.1, 0.15) is 53.4 Å². The highest BCUT2D eigenvalue weighted by atomic mass is 16.5. The molecule has 1 N–H and O–H groups in total. The molecule has 1 unspecified atom stereocenters. The highest BCUT2D eigenvalue weighted by Gasteiger charge is 2.33. The van der Waals surface area contributed by atoms with Crippen LogP contribution in [0.25, 0.3) is 0 Å². The minimum absolute atomic E-state index is 0.235. The molecule has 0 aromatic carbocycles. The van der Waals surface area contributed by atoms with Gasteiger partial charge < -0.3 is 10.1 Å². The van der Waals surface area contributed by atoms with Crippen LogP contribution in [-0.4, -0.2) is 48.8 Å². The second kappa shape index (κ2) is 6.55. The van der Waals surface area contributed by atoms with E-state index in [1.807, 2.05) is 0 Å². The Morgan fingerprint density at radius 3 is 2.58 bits per heavy atom. The van der Waals surface area contributed by atoms with E-state index in [1.54, 1.807) is 0 Å². The summed E-state index contributed by atoms with van der Waals surface area (Å²) >= 11 is 0. The van der Waals surface area contributed by atoms with Crippen molar-refractivity contribution in [3.63, 3.8) is 0 Å². The molecular weight excluding hydrogens is 236 g/mol. The third kappa shape index (κ3) is 4.44. The lowest BCUT2D eigenvalue weighted by Crippen LogP contribution is -2.63. The predicted molar refractivity (Wildman–Crippen MR) is 80.5 cm³/mol. The Morgan fingerprint density at radius 2 is 1.95 bits per heavy atom. The summed E-state index contributed by atoms with van der Waals surface area (Å²) < 4.78 is 6.04. The monoisotopic (exact) mass is 268 g/mol. The van der Waals surface area contributed by atoms with E-state index >= 15 is 0 Å². The average Bonchev–Trinajstić information content (AvgIpc) is 2.80. The van der Waals surface area contributed by atoms with Crippen molar-refractivity contribution in [2.24, 2.45) is 5.92 Å². The van der Waals surface area contributed by atoms with E-state index in [0.29, 0.717) is 18.1 Å². The van der Waals surface area contributed by atoms with Crippen LogP contribution in [0.2, 0.25) is 0 Å². The third-order valence-corrected chi connectivity index (χ3v) is 4.66. The van der Waals surface area contributed by atoms with Crippen molar-refractivity contribution in [1.29, 1.82) is 0 Å². The summed E-state index contributed by atoms with van der Waals surface area (Å²) in [6.45, 7) is 13.5. The molecule has 112 valence electrons. The molecule has 0 amide bonds. The molecule has 1 saturated heterocycles. The molecule has 0 aromatic rings. The lowest BCUT2D eigenvalue weighted by atomic mass is 9.93. The van der Waals surface area contributed by atoms with Crippen molar-refractivity contribution in [3.05, 3.63) is 0 Å². The normalized spacial score (nSPS) is 29.2. The zero-order valence-corrected chi connectivity index (χ0v) is 13.2. The van der Waals surface area contributed by atoms with E-state index in [0.717, 1.165) is 26.2 Å². The molecule has 1 saturated carbocycles. The smallest absolute Gasteiger partial charge is 0.0597 e. The van der Waals surface area contributed by atoms with Crippen molar-refractivity contribution >= 4 is 0 Å². The van der Waals surface area contributed by atoms with Crippen LogP contribution >= 0.6 is 0 Å². The number of nitrogens with zero attached hydrogens (tertiary/aromatic N) is 1. The summed E-state index contributed by atoms with van der Waals surface area (Å²) in [7, 11) is 0. The van der Waals surface area contributed by atoms with Gasteiger partial charge in [-0.1, -0.05) is 26.7 Å². The number of piperazine rings is 1. The summed E-state index contributed by atoms with van der Waals surface area (Å²) in [5.74, 6) is 0.704. The molecule has 2 rings (SSSR count). The zero-order chi connectivity index (χ0) is 13.9. The van der Waals surface area contributed by atoms with Gasteiger partial charge in [-0.25, -0.2) is 0 Å². The van der Waals surface area contributed by atoms with Gasteiger partial charge in [0.25, 0.3) is 0 Å². The van der Waals surface area contributed by atoms with Gasteiger partial charge in [0.1, 0.15) is 0 Å². The lowest BCUT2D eigenvalue weighted by Gasteiger charge is -2.46. The Bertz CT molecular complexity index is 272. The van der Waals surface area contributed by atoms with Gasteiger partial charge in [-0.2, -0.15) is 0 Å². The minimum atomic E-state index is 0.235. The van der Waals surface area contributed by atoms with Crippen molar-refractivity contribution in [3.8, 4) is 0 Å². The molecule has 3 nitrogen and oxygen atoms in total. The maximum Gasteiger partial charge on any atom is 0.0597 e. The third-order valence-electron chi connectivity index (χ3n) is 4.66. The number of hydrogen-bond acceptors (Lipinski definition) is 3. The first-order valence-electron chi connectivity index (χ1n) is 8.08. The van der Waals surface area contributed by atoms with E-state index in [4.69, 9.17) is 4.74 Å². The molecule has 0 aromatic heterocycles. The van der Waals surface area contributed by atoms with E-state index < -0.39 is 0 Å². The predicted octanol–water partition coefficient (Wildman–Crippen LogP) is 2.65. The molecule has 2 aliphatic rings. The first-order valence-corrected chi connectivity index (χ1v) is 8.08. The van der Waals surface area contributed by atoms with Crippen LogP contribution in [0.4, 0.5) is 0 Å². The van der Waals surface area contributed by atoms with E-state index in [-0.39, 0.29) is 5.54 Å². The van der Waals surface area contributed by atoms with Crippen LogP contribution in [-0.2, 0) is 4.74 Å². The Morgan fingerprint density at radius 1 is 1.26 bits per heavy atom. The van der Waals surface area contributed by atoms with Crippen molar-refractivity contribution in [1.82, 2.24) is 10.2 Å². The van der Waals surface area contributed by atoms with Crippen LogP contribution < -0.4 is 5.32 Å². The molecule has 0 spiro atoms. The second-order valence-corrected chi connectivity index (χ2v) is 7.32. The standard InChI is InChI=1S/C16H32N2O/c1-13(2)15-11-17-16(3,4)12-18(15)9-10-19-14-7-5-6-8-14/h13-15,17H,5-12H2,1-4H3. The Labute approximate surface area is 119 Å². The van der Waals surface area contributed by atoms with Gasteiger partial charge in [0, 0.05) is 31.2 Å². The fourth-order valence-electron chi connectivity index (χ4n) is 3.48. The van der Waals surface area contributed by atoms with Gasteiger partial charge in [0.2, 0.25) is 0 Å². The van der Waals surface area contributed by atoms with E-state index in [9.17, 15) is 0 Å². The number of hydrogen-bond donors (Lipinski definition) is 1. The van der Waals surface area contributed by atoms with Crippen molar-refractivity contribution in [2.75, 3.05) is 26.2 Å². The molecule has 2 fully saturated rings. The van der Waals surface area contributed by atoms with E-state index in [1.165, 1.54) is 25.7 Å². The largest absolute Gasteiger partial charge is 0.377 e. The Kier molecular flexibility index (Phi) is 5.27. The highest BCUT2D eigenvalue weighted by molar-refractivity contribution is 4.93. The SMILES string of the molecule is CC(C)C1CNC(C)(C)CN1CCOC1CCCC1. The fraction of sp³-hybridized carbons (Fsp3) is 1.00. The maximum absolute atomic E-state index is 6.04. The van der Waals surface area contributed by atoms with Gasteiger partial charge in [0.05, 0.1) is 12.7 Å². The van der Waals surface area contributed by atoms with Crippen molar-refractivity contribution in [2.45, 2.75) is 71.1 Å². The van der Waals surface area contributed by atoms with Gasteiger partial charge >= 0.3 is 0 Å². The summed E-state index contributed by atoms with van der Waals surface area (Å²) in [5, 5.41) is 3.67.